The highest BCUT2D eigenvalue weighted by Gasteiger charge is 2.19. The first-order valence-electron chi connectivity index (χ1n) is 7.26. The molecular weight excluding hydrogens is 284 g/mol. The quantitative estimate of drug-likeness (QED) is 0.775. The molecule has 20 heavy (non-hydrogen) atoms. The van der Waals surface area contributed by atoms with Crippen molar-refractivity contribution < 1.29 is 0 Å². The van der Waals surface area contributed by atoms with Crippen LogP contribution in [0, 0.1) is 0 Å². The molecule has 1 fully saturated rings. The summed E-state index contributed by atoms with van der Waals surface area (Å²) in [6.45, 7) is 3.24. The highest BCUT2D eigenvalue weighted by molar-refractivity contribution is 7.99. The molecule has 0 saturated heterocycles. The van der Waals surface area contributed by atoms with Gasteiger partial charge >= 0.3 is 0 Å². The maximum Gasteiger partial charge on any atom is 0.123 e. The Kier molecular flexibility index (Phi) is 4.76. The third-order valence-corrected chi connectivity index (χ3v) is 5.19. The number of thiazole rings is 1. The summed E-state index contributed by atoms with van der Waals surface area (Å²) in [7, 11) is 0. The molecule has 1 N–H and O–H groups in total. The SMILES string of the molecule is CCSc1ccc(-c2nc(CCNC3CC3)cs2)cc1. The summed E-state index contributed by atoms with van der Waals surface area (Å²) in [4.78, 5) is 6.08. The van der Waals surface area contributed by atoms with E-state index in [1.54, 1.807) is 11.3 Å². The molecule has 0 amide bonds. The summed E-state index contributed by atoms with van der Waals surface area (Å²) in [5.41, 5.74) is 2.45. The molecule has 0 radical (unpaired) electrons. The topological polar surface area (TPSA) is 24.9 Å². The van der Waals surface area contributed by atoms with Crippen molar-refractivity contribution in [2.75, 3.05) is 12.3 Å². The van der Waals surface area contributed by atoms with E-state index in [4.69, 9.17) is 4.98 Å². The van der Waals surface area contributed by atoms with Crippen LogP contribution in [0.4, 0.5) is 0 Å². The molecule has 0 aliphatic heterocycles. The number of hydrogen-bond acceptors (Lipinski definition) is 4. The lowest BCUT2D eigenvalue weighted by Crippen LogP contribution is -2.19. The van der Waals surface area contributed by atoms with E-state index in [1.165, 1.54) is 29.0 Å². The number of hydrogen-bond donors (Lipinski definition) is 1. The number of benzene rings is 1. The van der Waals surface area contributed by atoms with Gasteiger partial charge in [0.2, 0.25) is 0 Å². The van der Waals surface area contributed by atoms with Gasteiger partial charge in [0.15, 0.2) is 0 Å². The fourth-order valence-corrected chi connectivity index (χ4v) is 3.63. The molecule has 0 atom stereocenters. The van der Waals surface area contributed by atoms with Crippen LogP contribution in [0.15, 0.2) is 34.5 Å². The molecule has 2 nitrogen and oxygen atoms in total. The van der Waals surface area contributed by atoms with Crippen molar-refractivity contribution in [2.45, 2.75) is 37.1 Å². The minimum absolute atomic E-state index is 0.789. The second kappa shape index (κ2) is 6.74. The van der Waals surface area contributed by atoms with Crippen molar-refractivity contribution in [2.24, 2.45) is 0 Å². The summed E-state index contributed by atoms with van der Waals surface area (Å²) < 4.78 is 0. The van der Waals surface area contributed by atoms with E-state index in [-0.39, 0.29) is 0 Å². The first-order valence-corrected chi connectivity index (χ1v) is 9.12. The lowest BCUT2D eigenvalue weighted by molar-refractivity contribution is 0.677. The third-order valence-electron chi connectivity index (χ3n) is 3.36. The van der Waals surface area contributed by atoms with Gasteiger partial charge in [-0.25, -0.2) is 4.98 Å². The molecule has 1 aromatic carbocycles. The Morgan fingerprint density at radius 3 is 2.80 bits per heavy atom. The highest BCUT2D eigenvalue weighted by Crippen LogP contribution is 2.27. The third kappa shape index (κ3) is 3.84. The molecule has 1 aliphatic carbocycles. The molecule has 106 valence electrons. The average Bonchev–Trinajstić information content (AvgIpc) is 3.17. The predicted octanol–water partition coefficient (Wildman–Crippen LogP) is 4.22. The van der Waals surface area contributed by atoms with E-state index in [2.05, 4.69) is 41.9 Å². The van der Waals surface area contributed by atoms with Crippen LogP contribution in [0.3, 0.4) is 0 Å². The van der Waals surface area contributed by atoms with Crippen LogP contribution in [0.2, 0.25) is 0 Å². The summed E-state index contributed by atoms with van der Waals surface area (Å²) in [6.07, 6.45) is 3.74. The smallest absolute Gasteiger partial charge is 0.123 e. The van der Waals surface area contributed by atoms with Crippen LogP contribution in [-0.4, -0.2) is 23.3 Å². The summed E-state index contributed by atoms with van der Waals surface area (Å²) in [5.74, 6) is 1.12. The van der Waals surface area contributed by atoms with Crippen LogP contribution >= 0.6 is 23.1 Å². The fraction of sp³-hybridized carbons (Fsp3) is 0.438. The van der Waals surface area contributed by atoms with Gasteiger partial charge in [-0.1, -0.05) is 19.1 Å². The van der Waals surface area contributed by atoms with E-state index in [9.17, 15) is 0 Å². The normalized spacial score (nSPS) is 14.7. The molecule has 0 unspecified atom stereocenters. The van der Waals surface area contributed by atoms with Gasteiger partial charge in [0.1, 0.15) is 5.01 Å². The zero-order chi connectivity index (χ0) is 13.8. The van der Waals surface area contributed by atoms with Crippen molar-refractivity contribution in [3.63, 3.8) is 0 Å². The van der Waals surface area contributed by atoms with Gasteiger partial charge in [0.25, 0.3) is 0 Å². The summed E-state index contributed by atoms with van der Waals surface area (Å²) >= 11 is 3.63. The Morgan fingerprint density at radius 2 is 2.10 bits per heavy atom. The van der Waals surface area contributed by atoms with Crippen molar-refractivity contribution in [1.29, 1.82) is 0 Å². The fourth-order valence-electron chi connectivity index (χ4n) is 2.11. The Hall–Kier alpha value is -0.840. The first kappa shape index (κ1) is 14.1. The molecule has 1 saturated carbocycles. The van der Waals surface area contributed by atoms with Crippen LogP contribution in [-0.2, 0) is 6.42 Å². The van der Waals surface area contributed by atoms with Gasteiger partial charge in [-0.05, 0) is 30.7 Å². The molecule has 3 rings (SSSR count). The molecular formula is C16H20N2S2. The van der Waals surface area contributed by atoms with E-state index < -0.39 is 0 Å². The number of nitrogens with zero attached hydrogens (tertiary/aromatic N) is 1. The molecule has 0 bridgehead atoms. The molecule has 1 aliphatic rings. The zero-order valence-corrected chi connectivity index (χ0v) is 13.4. The Labute approximate surface area is 129 Å². The largest absolute Gasteiger partial charge is 0.314 e. The van der Waals surface area contributed by atoms with Gasteiger partial charge in [-0.2, -0.15) is 0 Å². The van der Waals surface area contributed by atoms with Gasteiger partial charge in [-0.15, -0.1) is 23.1 Å². The second-order valence-electron chi connectivity index (χ2n) is 5.08. The Bertz CT molecular complexity index is 544. The molecule has 1 heterocycles. The predicted molar refractivity (Wildman–Crippen MR) is 88.7 cm³/mol. The molecule has 0 spiro atoms. The van der Waals surface area contributed by atoms with E-state index in [0.717, 1.165) is 29.8 Å². The van der Waals surface area contributed by atoms with E-state index in [1.807, 2.05) is 11.8 Å². The number of thioether (sulfide) groups is 1. The van der Waals surface area contributed by atoms with E-state index >= 15 is 0 Å². The minimum atomic E-state index is 0.789. The van der Waals surface area contributed by atoms with Gasteiger partial charge in [0, 0.05) is 34.8 Å². The van der Waals surface area contributed by atoms with Gasteiger partial charge in [0.05, 0.1) is 5.69 Å². The number of aromatic nitrogens is 1. The van der Waals surface area contributed by atoms with Crippen LogP contribution < -0.4 is 5.32 Å². The monoisotopic (exact) mass is 304 g/mol. The molecule has 1 aromatic heterocycles. The minimum Gasteiger partial charge on any atom is -0.314 e. The van der Waals surface area contributed by atoms with Crippen molar-refractivity contribution in [3.8, 4) is 10.6 Å². The molecule has 4 heteroatoms. The number of nitrogens with one attached hydrogen (secondary N) is 1. The average molecular weight is 304 g/mol. The maximum atomic E-state index is 4.75. The Balaban J connectivity index is 1.59. The van der Waals surface area contributed by atoms with E-state index in [0.29, 0.717) is 0 Å². The maximum absolute atomic E-state index is 4.75. The van der Waals surface area contributed by atoms with Crippen molar-refractivity contribution >= 4 is 23.1 Å². The highest BCUT2D eigenvalue weighted by atomic mass is 32.2. The standard InChI is InChI=1S/C16H20N2S2/c1-2-19-15-7-3-12(4-8-15)16-18-14(11-20-16)9-10-17-13-5-6-13/h3-4,7-8,11,13,17H,2,5-6,9-10H2,1H3. The first-order chi connectivity index (χ1) is 9.85. The summed E-state index contributed by atoms with van der Waals surface area (Å²) in [5, 5.41) is 6.87. The second-order valence-corrected chi connectivity index (χ2v) is 7.28. The van der Waals surface area contributed by atoms with Crippen molar-refractivity contribution in [3.05, 3.63) is 35.3 Å². The Morgan fingerprint density at radius 1 is 1.30 bits per heavy atom. The lowest BCUT2D eigenvalue weighted by atomic mass is 10.2. The van der Waals surface area contributed by atoms with Crippen LogP contribution in [0.25, 0.3) is 10.6 Å². The summed E-state index contributed by atoms with van der Waals surface area (Å²) in [6, 6.07) is 9.54. The zero-order valence-electron chi connectivity index (χ0n) is 11.8. The van der Waals surface area contributed by atoms with Crippen LogP contribution in [0.5, 0.6) is 0 Å². The van der Waals surface area contributed by atoms with Crippen molar-refractivity contribution in [1.82, 2.24) is 10.3 Å². The van der Waals surface area contributed by atoms with Gasteiger partial charge < -0.3 is 5.32 Å². The number of rotatable bonds is 7. The van der Waals surface area contributed by atoms with Gasteiger partial charge in [-0.3, -0.25) is 0 Å². The lowest BCUT2D eigenvalue weighted by Gasteiger charge is -2.01. The van der Waals surface area contributed by atoms with Crippen LogP contribution in [0.1, 0.15) is 25.5 Å². The molecule has 2 aromatic rings.